The van der Waals surface area contributed by atoms with Gasteiger partial charge in [0, 0.05) is 6.08 Å². The van der Waals surface area contributed by atoms with Gasteiger partial charge in [0.25, 0.3) is 0 Å². The van der Waals surface area contributed by atoms with Crippen LogP contribution >= 0.6 is 0 Å². The molecule has 74 valence electrons. The second kappa shape index (κ2) is 4.27. The van der Waals surface area contributed by atoms with E-state index in [1.165, 1.54) is 13.2 Å². The Morgan fingerprint density at radius 1 is 1.64 bits per heavy atom. The average Bonchev–Trinajstić information content (AvgIpc) is 2.16. The maximum atomic E-state index is 10.2. The van der Waals surface area contributed by atoms with E-state index < -0.39 is 5.97 Å². The summed E-state index contributed by atoms with van der Waals surface area (Å²) in [5, 5.41) is 8.39. The fourth-order valence-electron chi connectivity index (χ4n) is 0.879. The van der Waals surface area contributed by atoms with Crippen molar-refractivity contribution >= 4 is 17.7 Å². The minimum atomic E-state index is -1.03. The summed E-state index contributed by atoms with van der Waals surface area (Å²) in [5.74, 6) is -0.736. The van der Waals surface area contributed by atoms with Gasteiger partial charge in [-0.25, -0.2) is 9.78 Å². The van der Waals surface area contributed by atoms with Gasteiger partial charge in [-0.15, -0.1) is 0 Å². The number of nitrogen functional groups attached to an aromatic ring is 1. The highest BCUT2D eigenvalue weighted by Gasteiger charge is 2.00. The zero-order valence-corrected chi connectivity index (χ0v) is 7.60. The smallest absolute Gasteiger partial charge is 0.328 e. The SMILES string of the molecule is COc1nc(C=CC(=O)O)ccc1N. The van der Waals surface area contributed by atoms with E-state index in [2.05, 4.69) is 4.98 Å². The van der Waals surface area contributed by atoms with Gasteiger partial charge < -0.3 is 15.6 Å². The summed E-state index contributed by atoms with van der Waals surface area (Å²) < 4.78 is 4.88. The van der Waals surface area contributed by atoms with Gasteiger partial charge >= 0.3 is 5.97 Å². The number of aliphatic carboxylic acids is 1. The largest absolute Gasteiger partial charge is 0.480 e. The second-order valence-electron chi connectivity index (χ2n) is 2.51. The molecule has 0 saturated carbocycles. The molecule has 1 aromatic heterocycles. The van der Waals surface area contributed by atoms with Crippen LogP contribution in [0.25, 0.3) is 6.08 Å². The van der Waals surface area contributed by atoms with E-state index in [1.54, 1.807) is 12.1 Å². The first-order valence-electron chi connectivity index (χ1n) is 3.85. The number of nitrogens with zero attached hydrogens (tertiary/aromatic N) is 1. The van der Waals surface area contributed by atoms with Crippen LogP contribution < -0.4 is 10.5 Å². The lowest BCUT2D eigenvalue weighted by molar-refractivity contribution is -0.131. The number of anilines is 1. The Labute approximate surface area is 80.8 Å². The molecule has 0 atom stereocenters. The van der Waals surface area contributed by atoms with Crippen molar-refractivity contribution in [1.82, 2.24) is 4.98 Å². The van der Waals surface area contributed by atoms with Gasteiger partial charge in [-0.1, -0.05) is 0 Å². The number of hydrogen-bond acceptors (Lipinski definition) is 4. The Morgan fingerprint density at radius 2 is 2.36 bits per heavy atom. The first-order chi connectivity index (χ1) is 6.63. The van der Waals surface area contributed by atoms with E-state index in [9.17, 15) is 4.79 Å². The number of aromatic nitrogens is 1. The van der Waals surface area contributed by atoms with Crippen LogP contribution in [0, 0.1) is 0 Å². The molecule has 0 aliphatic heterocycles. The number of carbonyl (C=O) groups is 1. The van der Waals surface area contributed by atoms with Gasteiger partial charge in [-0.05, 0) is 18.2 Å². The molecule has 14 heavy (non-hydrogen) atoms. The Kier molecular flexibility index (Phi) is 3.06. The van der Waals surface area contributed by atoms with Crippen LogP contribution in [0.1, 0.15) is 5.69 Å². The van der Waals surface area contributed by atoms with Crippen molar-refractivity contribution in [2.75, 3.05) is 12.8 Å². The molecule has 3 N–H and O–H groups in total. The zero-order chi connectivity index (χ0) is 10.6. The highest BCUT2D eigenvalue weighted by atomic mass is 16.5. The predicted molar refractivity (Wildman–Crippen MR) is 51.9 cm³/mol. The van der Waals surface area contributed by atoms with Gasteiger partial charge in [0.05, 0.1) is 18.5 Å². The standard InChI is InChI=1S/C9H10N2O3/c1-14-9-7(10)4-2-6(11-9)3-5-8(12)13/h2-5H,10H2,1H3,(H,12,13). The number of nitrogens with two attached hydrogens (primary N) is 1. The van der Waals surface area contributed by atoms with Gasteiger partial charge in [-0.2, -0.15) is 0 Å². The van der Waals surface area contributed by atoms with E-state index in [1.807, 2.05) is 0 Å². The molecular weight excluding hydrogens is 184 g/mol. The molecule has 0 aliphatic rings. The van der Waals surface area contributed by atoms with Crippen molar-refractivity contribution in [3.63, 3.8) is 0 Å². The van der Waals surface area contributed by atoms with Crippen LogP contribution in [-0.2, 0) is 4.79 Å². The fourth-order valence-corrected chi connectivity index (χ4v) is 0.879. The van der Waals surface area contributed by atoms with Crippen LogP contribution in [0.3, 0.4) is 0 Å². The molecule has 0 unspecified atom stereocenters. The summed E-state index contributed by atoms with van der Waals surface area (Å²) in [6, 6.07) is 3.21. The van der Waals surface area contributed by atoms with Crippen molar-refractivity contribution in [3.8, 4) is 5.88 Å². The van der Waals surface area contributed by atoms with Crippen molar-refractivity contribution in [3.05, 3.63) is 23.9 Å². The number of pyridine rings is 1. The topological polar surface area (TPSA) is 85.4 Å². The Morgan fingerprint density at radius 3 is 2.93 bits per heavy atom. The predicted octanol–water partition coefficient (Wildman–Crippen LogP) is 0.770. The third-order valence-corrected chi connectivity index (χ3v) is 1.50. The molecule has 5 heteroatoms. The lowest BCUT2D eigenvalue weighted by Crippen LogP contribution is -1.96. The molecule has 0 bridgehead atoms. The van der Waals surface area contributed by atoms with Crippen molar-refractivity contribution in [1.29, 1.82) is 0 Å². The lowest BCUT2D eigenvalue weighted by Gasteiger charge is -2.02. The maximum absolute atomic E-state index is 10.2. The Balaban J connectivity index is 2.95. The molecule has 1 aromatic rings. The van der Waals surface area contributed by atoms with Gasteiger partial charge in [0.1, 0.15) is 0 Å². The fraction of sp³-hybridized carbons (Fsp3) is 0.111. The summed E-state index contributed by atoms with van der Waals surface area (Å²) in [7, 11) is 1.45. The number of carboxylic acids is 1. The van der Waals surface area contributed by atoms with Crippen LogP contribution in [-0.4, -0.2) is 23.2 Å². The molecule has 0 saturated heterocycles. The zero-order valence-electron chi connectivity index (χ0n) is 7.60. The highest BCUT2D eigenvalue weighted by molar-refractivity contribution is 5.85. The summed E-state index contributed by atoms with van der Waals surface area (Å²) in [6.07, 6.45) is 2.36. The van der Waals surface area contributed by atoms with Gasteiger partial charge in [0.15, 0.2) is 0 Å². The number of hydrogen-bond donors (Lipinski definition) is 2. The lowest BCUT2D eigenvalue weighted by atomic mass is 10.3. The summed E-state index contributed by atoms with van der Waals surface area (Å²) in [4.78, 5) is 14.2. The molecule has 5 nitrogen and oxygen atoms in total. The number of ether oxygens (including phenoxy) is 1. The van der Waals surface area contributed by atoms with Crippen LogP contribution in [0.15, 0.2) is 18.2 Å². The molecule has 0 aliphatic carbocycles. The summed E-state index contributed by atoms with van der Waals surface area (Å²) >= 11 is 0. The molecule has 0 amide bonds. The van der Waals surface area contributed by atoms with E-state index in [0.717, 1.165) is 6.08 Å². The molecule has 0 radical (unpaired) electrons. The summed E-state index contributed by atoms with van der Waals surface area (Å²) in [6.45, 7) is 0. The number of rotatable bonds is 3. The quantitative estimate of drug-likeness (QED) is 0.694. The van der Waals surface area contributed by atoms with Crippen LogP contribution in [0.5, 0.6) is 5.88 Å². The van der Waals surface area contributed by atoms with E-state index >= 15 is 0 Å². The van der Waals surface area contributed by atoms with Gasteiger partial charge in [-0.3, -0.25) is 0 Å². The molecular formula is C9H10N2O3. The third-order valence-electron chi connectivity index (χ3n) is 1.50. The van der Waals surface area contributed by atoms with Gasteiger partial charge in [0.2, 0.25) is 5.88 Å². The second-order valence-corrected chi connectivity index (χ2v) is 2.51. The maximum Gasteiger partial charge on any atom is 0.328 e. The molecule has 0 spiro atoms. The van der Waals surface area contributed by atoms with Crippen molar-refractivity contribution < 1.29 is 14.6 Å². The minimum Gasteiger partial charge on any atom is -0.480 e. The highest BCUT2D eigenvalue weighted by Crippen LogP contribution is 2.17. The van der Waals surface area contributed by atoms with Crippen molar-refractivity contribution in [2.24, 2.45) is 0 Å². The molecule has 1 heterocycles. The first kappa shape index (κ1) is 10.0. The normalized spacial score (nSPS) is 10.4. The molecule has 0 aromatic carbocycles. The number of carboxylic acid groups (broad SMARTS) is 1. The van der Waals surface area contributed by atoms with E-state index in [4.69, 9.17) is 15.6 Å². The molecule has 1 rings (SSSR count). The minimum absolute atomic E-state index is 0.289. The average molecular weight is 194 g/mol. The Hall–Kier alpha value is -2.04. The third kappa shape index (κ3) is 2.48. The first-order valence-corrected chi connectivity index (χ1v) is 3.85. The summed E-state index contributed by atoms with van der Waals surface area (Å²) in [5.41, 5.74) is 6.43. The Bertz CT molecular complexity index is 374. The number of methoxy groups -OCH3 is 1. The molecule has 0 fully saturated rings. The monoisotopic (exact) mass is 194 g/mol. The van der Waals surface area contributed by atoms with E-state index in [0.29, 0.717) is 11.4 Å². The van der Waals surface area contributed by atoms with Crippen LogP contribution in [0.2, 0.25) is 0 Å². The van der Waals surface area contributed by atoms with Crippen LogP contribution in [0.4, 0.5) is 5.69 Å². The van der Waals surface area contributed by atoms with E-state index in [-0.39, 0.29) is 5.88 Å². The van der Waals surface area contributed by atoms with Crippen molar-refractivity contribution in [2.45, 2.75) is 0 Å².